The van der Waals surface area contributed by atoms with Gasteiger partial charge in [-0.05, 0) is 25.4 Å². The molecule has 96 valence electrons. The van der Waals surface area contributed by atoms with Crippen LogP contribution in [-0.2, 0) is 6.54 Å². The number of rotatable bonds is 5. The third kappa shape index (κ3) is 2.18. The van der Waals surface area contributed by atoms with Crippen LogP contribution in [0.2, 0.25) is 0 Å². The normalized spacial score (nSPS) is 10.8. The predicted molar refractivity (Wildman–Crippen MR) is 67.6 cm³/mol. The molecule has 0 saturated carbocycles. The predicted octanol–water partition coefficient (Wildman–Crippen LogP) is 3.35. The van der Waals surface area contributed by atoms with E-state index in [0.717, 1.165) is 19.4 Å². The standard InChI is InChI=1S/C12H16N4O2/c1-4-5-6-16-12(10-7-8(2)18-15-10)11(14-17)9(3)13-16/h7H,4-6H2,1-3H3. The van der Waals surface area contributed by atoms with E-state index < -0.39 is 0 Å². The Morgan fingerprint density at radius 3 is 2.78 bits per heavy atom. The average Bonchev–Trinajstić information content (AvgIpc) is 2.89. The van der Waals surface area contributed by atoms with Crippen molar-refractivity contribution >= 4 is 5.69 Å². The lowest BCUT2D eigenvalue weighted by Crippen LogP contribution is -2.02. The van der Waals surface area contributed by atoms with Gasteiger partial charge in [-0.25, -0.2) is 0 Å². The van der Waals surface area contributed by atoms with Crippen LogP contribution in [0.1, 0.15) is 31.2 Å². The molecule has 6 nitrogen and oxygen atoms in total. The topological polar surface area (TPSA) is 73.3 Å². The number of aryl methyl sites for hydroxylation is 3. The van der Waals surface area contributed by atoms with E-state index in [9.17, 15) is 4.91 Å². The van der Waals surface area contributed by atoms with Gasteiger partial charge in [0.2, 0.25) is 0 Å². The summed E-state index contributed by atoms with van der Waals surface area (Å²) in [6.45, 7) is 6.43. The molecule has 2 rings (SSSR count). The fraction of sp³-hybridized carbons (Fsp3) is 0.500. The maximum Gasteiger partial charge on any atom is 0.158 e. The van der Waals surface area contributed by atoms with E-state index in [2.05, 4.69) is 22.4 Å². The van der Waals surface area contributed by atoms with E-state index in [1.165, 1.54) is 0 Å². The molecular formula is C12H16N4O2. The summed E-state index contributed by atoms with van der Waals surface area (Å²) in [6, 6.07) is 1.79. The van der Waals surface area contributed by atoms with Gasteiger partial charge >= 0.3 is 0 Å². The zero-order chi connectivity index (χ0) is 13.1. The summed E-state index contributed by atoms with van der Waals surface area (Å²) < 4.78 is 6.84. The highest BCUT2D eigenvalue weighted by atomic mass is 16.5. The zero-order valence-corrected chi connectivity index (χ0v) is 10.8. The molecule has 0 aromatic carbocycles. The van der Waals surface area contributed by atoms with Crippen molar-refractivity contribution in [3.63, 3.8) is 0 Å². The molecule has 6 heteroatoms. The van der Waals surface area contributed by atoms with Crippen LogP contribution in [0.25, 0.3) is 11.4 Å². The van der Waals surface area contributed by atoms with Gasteiger partial charge in [0, 0.05) is 12.6 Å². The molecule has 0 bridgehead atoms. The van der Waals surface area contributed by atoms with Crippen molar-refractivity contribution in [3.05, 3.63) is 22.4 Å². The minimum absolute atomic E-state index is 0.347. The molecule has 0 unspecified atom stereocenters. The summed E-state index contributed by atoms with van der Waals surface area (Å²) in [5, 5.41) is 11.4. The first kappa shape index (κ1) is 12.5. The molecule has 0 aliphatic carbocycles. The van der Waals surface area contributed by atoms with Crippen LogP contribution < -0.4 is 0 Å². The first-order chi connectivity index (χ1) is 8.67. The third-order valence-corrected chi connectivity index (χ3v) is 2.78. The Labute approximate surface area is 105 Å². The molecule has 2 heterocycles. The van der Waals surface area contributed by atoms with Gasteiger partial charge in [-0.3, -0.25) is 4.68 Å². The molecule has 0 aliphatic rings. The highest BCUT2D eigenvalue weighted by Gasteiger charge is 2.20. The van der Waals surface area contributed by atoms with E-state index in [4.69, 9.17) is 4.52 Å². The van der Waals surface area contributed by atoms with Gasteiger partial charge in [-0.2, -0.15) is 5.10 Å². The SMILES string of the molecule is CCCCn1nc(C)c(N=O)c1-c1cc(C)on1. The van der Waals surface area contributed by atoms with Crippen molar-refractivity contribution in [1.82, 2.24) is 14.9 Å². The Bertz CT molecular complexity index is 556. The number of nitrogens with zero attached hydrogens (tertiary/aromatic N) is 4. The molecule has 2 aromatic heterocycles. The van der Waals surface area contributed by atoms with Crippen LogP contribution >= 0.6 is 0 Å². The highest BCUT2D eigenvalue weighted by molar-refractivity contribution is 5.71. The molecule has 2 aromatic rings. The van der Waals surface area contributed by atoms with E-state index in [1.807, 2.05) is 6.92 Å². The third-order valence-electron chi connectivity index (χ3n) is 2.78. The van der Waals surface area contributed by atoms with Crippen LogP contribution in [0.4, 0.5) is 5.69 Å². The van der Waals surface area contributed by atoms with E-state index in [-0.39, 0.29) is 0 Å². The minimum atomic E-state index is 0.347. The van der Waals surface area contributed by atoms with E-state index in [0.29, 0.717) is 28.5 Å². The smallest absolute Gasteiger partial charge is 0.158 e. The van der Waals surface area contributed by atoms with Gasteiger partial charge in [0.25, 0.3) is 0 Å². The highest BCUT2D eigenvalue weighted by Crippen LogP contribution is 2.33. The van der Waals surface area contributed by atoms with Crippen molar-refractivity contribution in [2.24, 2.45) is 5.18 Å². The van der Waals surface area contributed by atoms with Gasteiger partial charge in [0.05, 0.1) is 5.69 Å². The second-order valence-electron chi connectivity index (χ2n) is 4.27. The van der Waals surface area contributed by atoms with Crippen molar-refractivity contribution in [2.45, 2.75) is 40.2 Å². The van der Waals surface area contributed by atoms with Gasteiger partial charge < -0.3 is 4.52 Å². The lowest BCUT2D eigenvalue weighted by Gasteiger charge is -2.03. The van der Waals surface area contributed by atoms with Crippen LogP contribution in [0.5, 0.6) is 0 Å². The summed E-state index contributed by atoms with van der Waals surface area (Å²) >= 11 is 0. The maximum atomic E-state index is 11.0. The summed E-state index contributed by atoms with van der Waals surface area (Å²) in [5.41, 5.74) is 2.22. The van der Waals surface area contributed by atoms with Crippen LogP contribution in [0, 0.1) is 18.8 Å². The number of aromatic nitrogens is 3. The summed E-state index contributed by atoms with van der Waals surface area (Å²) in [5.74, 6) is 0.697. The lowest BCUT2D eigenvalue weighted by molar-refractivity contribution is 0.399. The number of unbranched alkanes of at least 4 members (excludes halogenated alkanes) is 1. The van der Waals surface area contributed by atoms with Crippen LogP contribution in [0.3, 0.4) is 0 Å². The molecule has 0 atom stereocenters. The van der Waals surface area contributed by atoms with Gasteiger partial charge in [-0.15, -0.1) is 4.91 Å². The largest absolute Gasteiger partial charge is 0.361 e. The van der Waals surface area contributed by atoms with E-state index >= 15 is 0 Å². The zero-order valence-electron chi connectivity index (χ0n) is 10.8. The lowest BCUT2D eigenvalue weighted by atomic mass is 10.2. The first-order valence-electron chi connectivity index (χ1n) is 6.01. The second kappa shape index (κ2) is 5.12. The Balaban J connectivity index is 2.50. The Kier molecular flexibility index (Phi) is 3.55. The number of nitroso groups, excluding NO2 is 1. The first-order valence-corrected chi connectivity index (χ1v) is 6.01. The number of hydrogen-bond acceptors (Lipinski definition) is 5. The molecule has 18 heavy (non-hydrogen) atoms. The Hall–Kier alpha value is -1.98. The van der Waals surface area contributed by atoms with Gasteiger partial charge in [-0.1, -0.05) is 18.5 Å². The molecule has 0 radical (unpaired) electrons. The molecule has 0 N–H and O–H groups in total. The van der Waals surface area contributed by atoms with Gasteiger partial charge in [0.15, 0.2) is 5.69 Å². The molecule has 0 aliphatic heterocycles. The second-order valence-corrected chi connectivity index (χ2v) is 4.27. The minimum Gasteiger partial charge on any atom is -0.361 e. The molecular weight excluding hydrogens is 232 g/mol. The summed E-state index contributed by atoms with van der Waals surface area (Å²) in [4.78, 5) is 11.0. The maximum absolute atomic E-state index is 11.0. The van der Waals surface area contributed by atoms with Crippen molar-refractivity contribution in [1.29, 1.82) is 0 Å². The fourth-order valence-corrected chi connectivity index (χ4v) is 1.88. The molecule has 0 spiro atoms. The molecule has 0 amide bonds. The van der Waals surface area contributed by atoms with Gasteiger partial charge in [0.1, 0.15) is 17.1 Å². The van der Waals surface area contributed by atoms with Crippen LogP contribution in [-0.4, -0.2) is 14.9 Å². The monoisotopic (exact) mass is 248 g/mol. The molecule has 0 saturated heterocycles. The summed E-state index contributed by atoms with van der Waals surface area (Å²) in [7, 11) is 0. The summed E-state index contributed by atoms with van der Waals surface area (Å²) in [6.07, 6.45) is 2.04. The van der Waals surface area contributed by atoms with E-state index in [1.54, 1.807) is 17.7 Å². The quantitative estimate of drug-likeness (QED) is 0.760. The Morgan fingerprint density at radius 2 is 2.22 bits per heavy atom. The average molecular weight is 248 g/mol. The van der Waals surface area contributed by atoms with Crippen molar-refractivity contribution in [2.75, 3.05) is 0 Å². The Morgan fingerprint density at radius 1 is 1.44 bits per heavy atom. The molecule has 0 fully saturated rings. The number of hydrogen-bond donors (Lipinski definition) is 0. The van der Waals surface area contributed by atoms with Crippen molar-refractivity contribution in [3.8, 4) is 11.4 Å². The fourth-order valence-electron chi connectivity index (χ4n) is 1.88. The van der Waals surface area contributed by atoms with Crippen molar-refractivity contribution < 1.29 is 4.52 Å². The van der Waals surface area contributed by atoms with Crippen LogP contribution in [0.15, 0.2) is 15.8 Å².